The molecule has 2 saturated heterocycles. The van der Waals surface area contributed by atoms with E-state index in [1.54, 1.807) is 4.90 Å². The van der Waals surface area contributed by atoms with E-state index in [1.807, 2.05) is 24.3 Å². The fourth-order valence-electron chi connectivity index (χ4n) is 4.87. The number of piperazine rings is 1. The zero-order valence-electron chi connectivity index (χ0n) is 20.2. The Hall–Kier alpha value is -3.05. The highest BCUT2D eigenvalue weighted by Crippen LogP contribution is 2.38. The molecule has 0 spiro atoms. The number of nitro benzene ring substituents is 1. The van der Waals surface area contributed by atoms with Crippen molar-refractivity contribution in [2.75, 3.05) is 55.6 Å². The second kappa shape index (κ2) is 11.6. The number of halogens is 4. The van der Waals surface area contributed by atoms with Crippen molar-refractivity contribution >= 4 is 34.6 Å². The summed E-state index contributed by atoms with van der Waals surface area (Å²) in [6, 6.07) is 10.8. The smallest absolute Gasteiger partial charge is 0.371 e. The molecule has 1 N–H and O–H groups in total. The van der Waals surface area contributed by atoms with Crippen LogP contribution in [0, 0.1) is 10.1 Å². The summed E-state index contributed by atoms with van der Waals surface area (Å²) in [5.41, 5.74) is -0.892. The van der Waals surface area contributed by atoms with Gasteiger partial charge in [-0.3, -0.25) is 19.8 Å². The Morgan fingerprint density at radius 3 is 2.32 bits per heavy atom. The van der Waals surface area contributed by atoms with Crippen LogP contribution in [-0.4, -0.2) is 67.6 Å². The van der Waals surface area contributed by atoms with Crippen molar-refractivity contribution in [1.82, 2.24) is 10.2 Å². The van der Waals surface area contributed by atoms with Crippen LogP contribution in [0.3, 0.4) is 0 Å². The van der Waals surface area contributed by atoms with Crippen LogP contribution in [0.4, 0.5) is 30.2 Å². The highest BCUT2D eigenvalue weighted by atomic mass is 35.5. The van der Waals surface area contributed by atoms with Gasteiger partial charge in [-0.05, 0) is 37.1 Å². The molecule has 0 bridgehead atoms. The largest absolute Gasteiger partial charge is 0.423 e. The zero-order valence-corrected chi connectivity index (χ0v) is 21.0. The van der Waals surface area contributed by atoms with Crippen LogP contribution < -0.4 is 15.1 Å². The zero-order chi connectivity index (χ0) is 26.6. The molecule has 4 rings (SSSR count). The molecule has 200 valence electrons. The maximum atomic E-state index is 13.3. The Balaban J connectivity index is 1.21. The molecule has 12 heteroatoms. The Morgan fingerprint density at radius 1 is 1.03 bits per heavy atom. The van der Waals surface area contributed by atoms with Crippen molar-refractivity contribution in [2.45, 2.75) is 31.5 Å². The third kappa shape index (κ3) is 6.84. The molecule has 2 aliphatic rings. The SMILES string of the molecule is O=C(CCN1CCN(c2ccccc2Cl)CC1)NC1CCN(c2ccc([N+](=O)[O-])c(C(F)(F)F)c2)CC1. The number of hydrogen-bond acceptors (Lipinski definition) is 6. The van der Waals surface area contributed by atoms with Crippen molar-refractivity contribution in [3.8, 4) is 0 Å². The summed E-state index contributed by atoms with van der Waals surface area (Å²) in [5.74, 6) is -0.0401. The Morgan fingerprint density at radius 2 is 1.70 bits per heavy atom. The number of piperidine rings is 1. The second-order valence-electron chi connectivity index (χ2n) is 9.32. The van der Waals surface area contributed by atoms with Gasteiger partial charge in [-0.2, -0.15) is 13.2 Å². The molecule has 0 radical (unpaired) electrons. The van der Waals surface area contributed by atoms with Crippen LogP contribution in [0.15, 0.2) is 42.5 Å². The summed E-state index contributed by atoms with van der Waals surface area (Å²) < 4.78 is 39.9. The van der Waals surface area contributed by atoms with Gasteiger partial charge in [0.2, 0.25) is 5.91 Å². The maximum absolute atomic E-state index is 13.3. The number of amides is 1. The normalized spacial score (nSPS) is 17.6. The summed E-state index contributed by atoms with van der Waals surface area (Å²) in [6.45, 7) is 4.90. The van der Waals surface area contributed by atoms with Gasteiger partial charge in [0.15, 0.2) is 0 Å². The molecule has 0 saturated carbocycles. The van der Waals surface area contributed by atoms with E-state index < -0.39 is 22.4 Å². The molecule has 0 unspecified atom stereocenters. The summed E-state index contributed by atoms with van der Waals surface area (Å²) >= 11 is 6.29. The van der Waals surface area contributed by atoms with E-state index in [1.165, 1.54) is 6.07 Å². The molecular weight excluding hydrogens is 511 g/mol. The fraction of sp³-hybridized carbons (Fsp3) is 0.480. The van der Waals surface area contributed by atoms with E-state index in [0.717, 1.165) is 49.0 Å². The summed E-state index contributed by atoms with van der Waals surface area (Å²) in [6.07, 6.45) is -3.27. The van der Waals surface area contributed by atoms with E-state index in [4.69, 9.17) is 11.6 Å². The average Bonchev–Trinajstić information content (AvgIpc) is 2.88. The highest BCUT2D eigenvalue weighted by Gasteiger charge is 2.39. The molecule has 2 fully saturated rings. The van der Waals surface area contributed by atoms with Crippen LogP contribution >= 0.6 is 11.6 Å². The van der Waals surface area contributed by atoms with Crippen LogP contribution in [0.2, 0.25) is 5.02 Å². The van der Waals surface area contributed by atoms with Gasteiger partial charge in [-0.25, -0.2) is 0 Å². The Labute approximate surface area is 218 Å². The summed E-state index contributed by atoms with van der Waals surface area (Å²) in [7, 11) is 0. The molecule has 37 heavy (non-hydrogen) atoms. The van der Waals surface area contributed by atoms with E-state index in [-0.39, 0.29) is 11.9 Å². The van der Waals surface area contributed by atoms with Gasteiger partial charge in [-0.1, -0.05) is 23.7 Å². The maximum Gasteiger partial charge on any atom is 0.423 e. The molecule has 2 heterocycles. The number of alkyl halides is 3. The number of para-hydroxylation sites is 1. The summed E-state index contributed by atoms with van der Waals surface area (Å²) in [5, 5.41) is 14.8. The van der Waals surface area contributed by atoms with Crippen LogP contribution in [0.25, 0.3) is 0 Å². The number of carbonyl (C=O) groups excluding carboxylic acids is 1. The van der Waals surface area contributed by atoms with E-state index in [2.05, 4.69) is 15.1 Å². The van der Waals surface area contributed by atoms with E-state index in [9.17, 15) is 28.1 Å². The lowest BCUT2D eigenvalue weighted by Crippen LogP contribution is -2.48. The minimum absolute atomic E-state index is 0.0401. The molecule has 2 aromatic carbocycles. The molecule has 2 aliphatic heterocycles. The van der Waals surface area contributed by atoms with Gasteiger partial charge in [-0.15, -0.1) is 0 Å². The van der Waals surface area contributed by atoms with Crippen LogP contribution in [0.1, 0.15) is 24.8 Å². The van der Waals surface area contributed by atoms with Crippen molar-refractivity contribution in [1.29, 1.82) is 0 Å². The monoisotopic (exact) mass is 539 g/mol. The first-order valence-corrected chi connectivity index (χ1v) is 12.6. The Kier molecular flexibility index (Phi) is 8.43. The number of anilines is 2. The van der Waals surface area contributed by atoms with Gasteiger partial charge in [0.1, 0.15) is 5.56 Å². The topological polar surface area (TPSA) is 82.0 Å². The third-order valence-electron chi connectivity index (χ3n) is 6.93. The number of benzene rings is 2. The number of nitrogens with one attached hydrogen (secondary N) is 1. The minimum atomic E-state index is -4.81. The number of nitro groups is 1. The van der Waals surface area contributed by atoms with Crippen LogP contribution in [0.5, 0.6) is 0 Å². The molecule has 0 aromatic heterocycles. The first kappa shape index (κ1) is 27.0. The predicted molar refractivity (Wildman–Crippen MR) is 136 cm³/mol. The third-order valence-corrected chi connectivity index (χ3v) is 7.25. The highest BCUT2D eigenvalue weighted by molar-refractivity contribution is 6.33. The number of rotatable bonds is 7. The average molecular weight is 540 g/mol. The summed E-state index contributed by atoms with van der Waals surface area (Å²) in [4.78, 5) is 28.7. The lowest BCUT2D eigenvalue weighted by molar-refractivity contribution is -0.388. The van der Waals surface area contributed by atoms with Crippen molar-refractivity contribution < 1.29 is 22.9 Å². The molecular formula is C25H29ClF3N5O3. The standard InChI is InChI=1S/C25H29ClF3N5O3/c26-21-3-1-2-4-23(21)33-15-13-31(14-16-33)10-9-24(35)30-18-7-11-32(12-8-18)19-5-6-22(34(36)37)20(17-19)25(27,28)29/h1-6,17-18H,7-16H2,(H,30,35). The van der Waals surface area contributed by atoms with Gasteiger partial charge in [0.25, 0.3) is 5.69 Å². The van der Waals surface area contributed by atoms with Crippen molar-refractivity contribution in [3.05, 3.63) is 63.2 Å². The Bertz CT molecular complexity index is 1120. The number of nitrogens with zero attached hydrogens (tertiary/aromatic N) is 4. The predicted octanol–water partition coefficient (Wildman–Crippen LogP) is 4.56. The lowest BCUT2D eigenvalue weighted by Gasteiger charge is -2.36. The van der Waals surface area contributed by atoms with Crippen molar-refractivity contribution in [3.63, 3.8) is 0 Å². The van der Waals surface area contributed by atoms with E-state index >= 15 is 0 Å². The van der Waals surface area contributed by atoms with Crippen molar-refractivity contribution in [2.24, 2.45) is 0 Å². The molecule has 0 atom stereocenters. The molecule has 1 amide bonds. The number of carbonyl (C=O) groups is 1. The van der Waals surface area contributed by atoms with Gasteiger partial charge < -0.3 is 15.1 Å². The van der Waals surface area contributed by atoms with Crippen LogP contribution in [-0.2, 0) is 11.0 Å². The van der Waals surface area contributed by atoms with Gasteiger partial charge >= 0.3 is 6.18 Å². The molecule has 8 nitrogen and oxygen atoms in total. The fourth-order valence-corrected chi connectivity index (χ4v) is 5.12. The lowest BCUT2D eigenvalue weighted by atomic mass is 10.0. The first-order valence-electron chi connectivity index (χ1n) is 12.2. The first-order chi connectivity index (χ1) is 17.6. The number of hydrogen-bond donors (Lipinski definition) is 1. The van der Waals surface area contributed by atoms with E-state index in [0.29, 0.717) is 44.6 Å². The molecule has 0 aliphatic carbocycles. The minimum Gasteiger partial charge on any atom is -0.371 e. The molecule has 2 aromatic rings. The van der Waals surface area contributed by atoms with Gasteiger partial charge in [0.05, 0.1) is 15.6 Å². The van der Waals surface area contributed by atoms with Gasteiger partial charge in [0, 0.05) is 70.0 Å². The quantitative estimate of drug-likeness (QED) is 0.410. The second-order valence-corrected chi connectivity index (χ2v) is 9.72.